The quantitative estimate of drug-likeness (QED) is 0.574. The van der Waals surface area contributed by atoms with E-state index in [1.54, 1.807) is 0 Å². The van der Waals surface area contributed by atoms with Crippen LogP contribution in [0.15, 0.2) is 24.3 Å². The number of rotatable bonds is 5. The number of carbonyl (C=O) groups excluding carboxylic acids is 1. The standard InChI is InChI=1S/C15H20O2/c1-11(4-9-14-15(2,3)17-14)13-7-5-12(10-16)6-8-13/h5-8,10-11,14H,4,9H2,1-3H3/t11-,14?/m1/s1. The molecule has 2 rings (SSSR count). The Balaban J connectivity index is 1.86. The van der Waals surface area contributed by atoms with Gasteiger partial charge in [0.05, 0.1) is 11.7 Å². The van der Waals surface area contributed by atoms with Crippen LogP contribution in [0.25, 0.3) is 0 Å². The zero-order valence-electron chi connectivity index (χ0n) is 10.8. The largest absolute Gasteiger partial charge is 0.367 e. The van der Waals surface area contributed by atoms with Gasteiger partial charge in [0.25, 0.3) is 0 Å². The van der Waals surface area contributed by atoms with E-state index in [0.717, 1.165) is 24.7 Å². The number of carbonyl (C=O) groups is 1. The Hall–Kier alpha value is -1.15. The van der Waals surface area contributed by atoms with Crippen molar-refractivity contribution in [1.29, 1.82) is 0 Å². The van der Waals surface area contributed by atoms with Crippen LogP contribution in [-0.4, -0.2) is 18.0 Å². The molecule has 1 aliphatic heterocycles. The van der Waals surface area contributed by atoms with E-state index in [4.69, 9.17) is 4.74 Å². The first-order valence-corrected chi connectivity index (χ1v) is 6.26. The molecule has 1 fully saturated rings. The maximum atomic E-state index is 10.6. The van der Waals surface area contributed by atoms with Crippen molar-refractivity contribution in [3.05, 3.63) is 35.4 Å². The lowest BCUT2D eigenvalue weighted by Gasteiger charge is -2.11. The fraction of sp³-hybridized carbons (Fsp3) is 0.533. The fourth-order valence-electron chi connectivity index (χ4n) is 2.21. The summed E-state index contributed by atoms with van der Waals surface area (Å²) in [6.45, 7) is 6.51. The van der Waals surface area contributed by atoms with Crippen LogP contribution in [-0.2, 0) is 4.74 Å². The van der Waals surface area contributed by atoms with Crippen molar-refractivity contribution in [3.63, 3.8) is 0 Å². The van der Waals surface area contributed by atoms with Gasteiger partial charge in [0.2, 0.25) is 0 Å². The average Bonchev–Trinajstić information content (AvgIpc) is 2.94. The zero-order chi connectivity index (χ0) is 12.5. The van der Waals surface area contributed by atoms with E-state index < -0.39 is 0 Å². The van der Waals surface area contributed by atoms with Crippen LogP contribution in [0.5, 0.6) is 0 Å². The Bertz CT molecular complexity index is 392. The molecule has 1 saturated heterocycles. The first kappa shape index (κ1) is 12.3. The Morgan fingerprint density at radius 2 is 1.94 bits per heavy atom. The monoisotopic (exact) mass is 232 g/mol. The molecular formula is C15H20O2. The lowest BCUT2D eigenvalue weighted by molar-refractivity contribution is 0.112. The Labute approximate surface area is 103 Å². The Morgan fingerprint density at radius 3 is 2.41 bits per heavy atom. The number of hydrogen-bond donors (Lipinski definition) is 0. The van der Waals surface area contributed by atoms with E-state index in [-0.39, 0.29) is 5.60 Å². The summed E-state index contributed by atoms with van der Waals surface area (Å²) in [6.07, 6.45) is 3.56. The van der Waals surface area contributed by atoms with Gasteiger partial charge in [-0.3, -0.25) is 4.79 Å². The van der Waals surface area contributed by atoms with Gasteiger partial charge in [0.1, 0.15) is 6.29 Å². The molecule has 2 atom stereocenters. The van der Waals surface area contributed by atoms with Gasteiger partial charge in [-0.1, -0.05) is 31.2 Å². The van der Waals surface area contributed by atoms with Crippen molar-refractivity contribution in [2.24, 2.45) is 0 Å². The summed E-state index contributed by atoms with van der Waals surface area (Å²) >= 11 is 0. The van der Waals surface area contributed by atoms with E-state index in [9.17, 15) is 4.79 Å². The molecule has 0 spiro atoms. The second-order valence-corrected chi connectivity index (χ2v) is 5.47. The molecule has 0 aliphatic carbocycles. The summed E-state index contributed by atoms with van der Waals surface area (Å²) in [4.78, 5) is 10.6. The number of epoxide rings is 1. The number of ether oxygens (including phenoxy) is 1. The van der Waals surface area contributed by atoms with Crippen LogP contribution >= 0.6 is 0 Å². The Morgan fingerprint density at radius 1 is 1.35 bits per heavy atom. The van der Waals surface area contributed by atoms with E-state index in [1.807, 2.05) is 24.3 Å². The lowest BCUT2D eigenvalue weighted by atomic mass is 9.93. The van der Waals surface area contributed by atoms with Crippen LogP contribution in [0.4, 0.5) is 0 Å². The van der Waals surface area contributed by atoms with Gasteiger partial charge in [0.15, 0.2) is 0 Å². The highest BCUT2D eigenvalue weighted by Gasteiger charge is 2.46. The molecule has 2 heteroatoms. The number of benzene rings is 1. The van der Waals surface area contributed by atoms with Gasteiger partial charge < -0.3 is 4.74 Å². The van der Waals surface area contributed by atoms with E-state index >= 15 is 0 Å². The summed E-state index contributed by atoms with van der Waals surface area (Å²) < 4.78 is 5.58. The van der Waals surface area contributed by atoms with Gasteiger partial charge >= 0.3 is 0 Å². The topological polar surface area (TPSA) is 29.6 Å². The predicted molar refractivity (Wildman–Crippen MR) is 68.4 cm³/mol. The molecule has 1 heterocycles. The number of hydrogen-bond acceptors (Lipinski definition) is 2. The summed E-state index contributed by atoms with van der Waals surface area (Å²) in [7, 11) is 0. The summed E-state index contributed by atoms with van der Waals surface area (Å²) in [5, 5.41) is 0. The lowest BCUT2D eigenvalue weighted by Crippen LogP contribution is -2.04. The van der Waals surface area contributed by atoms with Crippen LogP contribution in [0.2, 0.25) is 0 Å². The third-order valence-corrected chi connectivity index (χ3v) is 3.67. The Kier molecular flexibility index (Phi) is 3.34. The highest BCUT2D eigenvalue weighted by atomic mass is 16.6. The van der Waals surface area contributed by atoms with Crippen molar-refractivity contribution in [2.75, 3.05) is 0 Å². The predicted octanol–water partition coefficient (Wildman–Crippen LogP) is 3.56. The van der Waals surface area contributed by atoms with E-state index in [0.29, 0.717) is 12.0 Å². The van der Waals surface area contributed by atoms with Crippen LogP contribution < -0.4 is 0 Å². The zero-order valence-corrected chi connectivity index (χ0v) is 10.8. The molecular weight excluding hydrogens is 212 g/mol. The molecule has 1 aromatic rings. The average molecular weight is 232 g/mol. The smallest absolute Gasteiger partial charge is 0.150 e. The highest BCUT2D eigenvalue weighted by Crippen LogP contribution is 2.39. The third kappa shape index (κ3) is 2.95. The minimum absolute atomic E-state index is 0.0983. The molecule has 0 radical (unpaired) electrons. The normalized spacial score (nSPS) is 23.1. The molecule has 1 unspecified atom stereocenters. The van der Waals surface area contributed by atoms with E-state index in [2.05, 4.69) is 20.8 Å². The summed E-state index contributed by atoms with van der Waals surface area (Å²) in [5.74, 6) is 0.524. The second-order valence-electron chi connectivity index (χ2n) is 5.47. The molecule has 1 aromatic carbocycles. The molecule has 0 amide bonds. The van der Waals surface area contributed by atoms with Gasteiger partial charge in [-0.05, 0) is 38.2 Å². The van der Waals surface area contributed by atoms with Crippen LogP contribution in [0.1, 0.15) is 55.5 Å². The van der Waals surface area contributed by atoms with Crippen molar-refractivity contribution in [1.82, 2.24) is 0 Å². The minimum Gasteiger partial charge on any atom is -0.367 e. The fourth-order valence-corrected chi connectivity index (χ4v) is 2.21. The summed E-state index contributed by atoms with van der Waals surface area (Å²) in [5.41, 5.74) is 2.14. The van der Waals surface area contributed by atoms with Crippen molar-refractivity contribution >= 4 is 6.29 Å². The van der Waals surface area contributed by atoms with Gasteiger partial charge in [-0.2, -0.15) is 0 Å². The molecule has 0 saturated carbocycles. The SMILES string of the molecule is C[C@H](CCC1OC1(C)C)c1ccc(C=O)cc1. The van der Waals surface area contributed by atoms with E-state index in [1.165, 1.54) is 5.56 Å². The first-order chi connectivity index (χ1) is 8.03. The molecule has 0 bridgehead atoms. The third-order valence-electron chi connectivity index (χ3n) is 3.67. The first-order valence-electron chi connectivity index (χ1n) is 6.26. The van der Waals surface area contributed by atoms with Crippen molar-refractivity contribution in [2.45, 2.75) is 51.2 Å². The van der Waals surface area contributed by atoms with Gasteiger partial charge in [-0.25, -0.2) is 0 Å². The van der Waals surface area contributed by atoms with Crippen molar-refractivity contribution in [3.8, 4) is 0 Å². The maximum Gasteiger partial charge on any atom is 0.150 e. The highest BCUT2D eigenvalue weighted by molar-refractivity contribution is 5.74. The van der Waals surface area contributed by atoms with Gasteiger partial charge in [0, 0.05) is 5.56 Å². The number of aldehydes is 1. The molecule has 2 nitrogen and oxygen atoms in total. The minimum atomic E-state index is 0.0983. The van der Waals surface area contributed by atoms with Crippen molar-refractivity contribution < 1.29 is 9.53 Å². The molecule has 92 valence electrons. The van der Waals surface area contributed by atoms with Crippen LogP contribution in [0, 0.1) is 0 Å². The second kappa shape index (κ2) is 4.61. The molecule has 0 aromatic heterocycles. The molecule has 17 heavy (non-hydrogen) atoms. The molecule has 0 N–H and O–H groups in total. The molecule has 1 aliphatic rings. The summed E-state index contributed by atoms with van der Waals surface area (Å²) in [6, 6.07) is 7.87. The van der Waals surface area contributed by atoms with Crippen LogP contribution in [0.3, 0.4) is 0 Å². The maximum absolute atomic E-state index is 10.6. The van der Waals surface area contributed by atoms with Gasteiger partial charge in [-0.15, -0.1) is 0 Å².